The molecular formula is C13H17F3N4O. The maximum absolute atomic E-state index is 12.7. The summed E-state index contributed by atoms with van der Waals surface area (Å²) in [6.45, 7) is 0. The number of aromatic nitrogens is 3. The summed E-state index contributed by atoms with van der Waals surface area (Å²) in [5.41, 5.74) is 0. The molecule has 2 unspecified atom stereocenters. The van der Waals surface area contributed by atoms with Gasteiger partial charge in [-0.2, -0.15) is 13.2 Å². The van der Waals surface area contributed by atoms with Crippen LogP contribution in [0.15, 0.2) is 0 Å². The number of hydrogen-bond donors (Lipinski definition) is 2. The lowest BCUT2D eigenvalue weighted by Crippen LogP contribution is -2.41. The molecule has 0 radical (unpaired) electrons. The number of rotatable bonds is 3. The number of aromatic amines is 1. The average molecular weight is 302 g/mol. The molecule has 0 bridgehead atoms. The van der Waals surface area contributed by atoms with Gasteiger partial charge in [-0.25, -0.2) is 4.98 Å². The van der Waals surface area contributed by atoms with Gasteiger partial charge < -0.3 is 5.32 Å². The third kappa shape index (κ3) is 3.36. The molecule has 0 aliphatic heterocycles. The minimum atomic E-state index is -4.19. The Hall–Kier alpha value is -1.60. The number of carbonyl (C=O) groups is 1. The van der Waals surface area contributed by atoms with Gasteiger partial charge in [0.2, 0.25) is 5.82 Å². The summed E-state index contributed by atoms with van der Waals surface area (Å²) in [6.07, 6.45) is -1.00. The number of hydrogen-bond acceptors (Lipinski definition) is 3. The molecule has 1 heterocycles. The van der Waals surface area contributed by atoms with E-state index in [9.17, 15) is 18.0 Å². The Bertz CT molecular complexity index is 524. The number of nitrogens with one attached hydrogen (secondary N) is 2. The van der Waals surface area contributed by atoms with Crippen LogP contribution < -0.4 is 5.32 Å². The van der Waals surface area contributed by atoms with Crippen molar-refractivity contribution in [3.63, 3.8) is 0 Å². The SMILES string of the molecule is O=C(NC1CCCC(C(F)(F)F)C1)c1n[nH]c(C2CC2)n1. The number of nitrogens with zero attached hydrogens (tertiary/aromatic N) is 2. The number of halogens is 3. The fourth-order valence-corrected chi connectivity index (χ4v) is 2.78. The van der Waals surface area contributed by atoms with Crippen LogP contribution >= 0.6 is 0 Å². The number of carbonyl (C=O) groups excluding carboxylic acids is 1. The van der Waals surface area contributed by atoms with E-state index in [1.54, 1.807) is 0 Å². The van der Waals surface area contributed by atoms with E-state index >= 15 is 0 Å². The lowest BCUT2D eigenvalue weighted by Gasteiger charge is -2.30. The predicted molar refractivity (Wildman–Crippen MR) is 67.6 cm³/mol. The summed E-state index contributed by atoms with van der Waals surface area (Å²) in [5.74, 6) is -0.761. The molecule has 2 saturated carbocycles. The molecule has 2 N–H and O–H groups in total. The third-order valence-electron chi connectivity index (χ3n) is 4.14. The van der Waals surface area contributed by atoms with E-state index in [4.69, 9.17) is 0 Å². The van der Waals surface area contributed by atoms with Crippen molar-refractivity contribution in [2.45, 2.75) is 56.7 Å². The van der Waals surface area contributed by atoms with E-state index < -0.39 is 24.0 Å². The van der Waals surface area contributed by atoms with Gasteiger partial charge in [0.05, 0.1) is 5.92 Å². The van der Waals surface area contributed by atoms with E-state index in [-0.39, 0.29) is 18.7 Å². The lowest BCUT2D eigenvalue weighted by molar-refractivity contribution is -0.183. The highest BCUT2D eigenvalue weighted by Crippen LogP contribution is 2.38. The van der Waals surface area contributed by atoms with Crippen molar-refractivity contribution in [3.8, 4) is 0 Å². The smallest absolute Gasteiger partial charge is 0.347 e. The molecule has 0 spiro atoms. The zero-order valence-electron chi connectivity index (χ0n) is 11.4. The fraction of sp³-hybridized carbons (Fsp3) is 0.769. The van der Waals surface area contributed by atoms with Gasteiger partial charge in [-0.1, -0.05) is 6.42 Å². The van der Waals surface area contributed by atoms with Crippen LogP contribution in [0.5, 0.6) is 0 Å². The van der Waals surface area contributed by atoms with Crippen molar-refractivity contribution in [1.29, 1.82) is 0 Å². The van der Waals surface area contributed by atoms with Crippen LogP contribution in [0.1, 0.15) is 60.9 Å². The highest BCUT2D eigenvalue weighted by Gasteiger charge is 2.42. The lowest BCUT2D eigenvalue weighted by atomic mass is 9.85. The van der Waals surface area contributed by atoms with Crippen LogP contribution in [-0.4, -0.2) is 33.3 Å². The highest BCUT2D eigenvalue weighted by atomic mass is 19.4. The molecule has 1 aromatic heterocycles. The van der Waals surface area contributed by atoms with Gasteiger partial charge in [0.1, 0.15) is 5.82 Å². The first-order valence-electron chi connectivity index (χ1n) is 7.23. The summed E-state index contributed by atoms with van der Waals surface area (Å²) < 4.78 is 38.2. The molecule has 2 aliphatic rings. The van der Waals surface area contributed by atoms with Crippen LogP contribution in [0, 0.1) is 5.92 Å². The maximum Gasteiger partial charge on any atom is 0.391 e. The molecule has 8 heteroatoms. The fourth-order valence-electron chi connectivity index (χ4n) is 2.78. The molecule has 5 nitrogen and oxygen atoms in total. The van der Waals surface area contributed by atoms with Gasteiger partial charge in [0, 0.05) is 12.0 Å². The number of alkyl halides is 3. The minimum Gasteiger partial charge on any atom is -0.347 e. The van der Waals surface area contributed by atoms with E-state index in [0.717, 1.165) is 12.8 Å². The Labute approximate surface area is 119 Å². The van der Waals surface area contributed by atoms with Crippen LogP contribution in [0.4, 0.5) is 13.2 Å². The first-order chi connectivity index (χ1) is 9.93. The van der Waals surface area contributed by atoms with Crippen molar-refractivity contribution in [3.05, 3.63) is 11.6 Å². The van der Waals surface area contributed by atoms with Crippen LogP contribution in [0.2, 0.25) is 0 Å². The standard InChI is InChI=1S/C13H17F3N4O/c14-13(15,16)8-2-1-3-9(6-8)17-12(21)11-18-10(19-20-11)7-4-5-7/h7-9H,1-6H2,(H,17,21)(H,18,19,20). The van der Waals surface area contributed by atoms with Crippen molar-refractivity contribution in [1.82, 2.24) is 20.5 Å². The quantitative estimate of drug-likeness (QED) is 0.901. The molecule has 116 valence electrons. The first-order valence-corrected chi connectivity index (χ1v) is 7.23. The highest BCUT2D eigenvalue weighted by molar-refractivity contribution is 5.90. The summed E-state index contributed by atoms with van der Waals surface area (Å²) in [5, 5.41) is 9.18. The van der Waals surface area contributed by atoms with Crippen molar-refractivity contribution in [2.24, 2.45) is 5.92 Å². The molecular weight excluding hydrogens is 285 g/mol. The minimum absolute atomic E-state index is 0.0195. The first kappa shape index (κ1) is 14.3. The van der Waals surface area contributed by atoms with Gasteiger partial charge in [0.15, 0.2) is 0 Å². The second-order valence-corrected chi connectivity index (χ2v) is 5.89. The number of H-pyrrole nitrogens is 1. The molecule has 2 atom stereocenters. The third-order valence-corrected chi connectivity index (χ3v) is 4.14. The van der Waals surface area contributed by atoms with Gasteiger partial charge in [-0.3, -0.25) is 9.89 Å². The molecule has 2 aliphatic carbocycles. The Balaban J connectivity index is 1.58. The topological polar surface area (TPSA) is 70.7 Å². The van der Waals surface area contributed by atoms with Gasteiger partial charge in [-0.15, -0.1) is 5.10 Å². The molecule has 3 rings (SSSR count). The average Bonchev–Trinajstić information content (AvgIpc) is 3.15. The summed E-state index contributed by atoms with van der Waals surface area (Å²) in [6, 6.07) is -0.458. The molecule has 0 aromatic carbocycles. The van der Waals surface area contributed by atoms with Gasteiger partial charge in [0.25, 0.3) is 5.91 Å². The van der Waals surface area contributed by atoms with E-state index in [0.29, 0.717) is 24.6 Å². The summed E-state index contributed by atoms with van der Waals surface area (Å²) >= 11 is 0. The molecule has 21 heavy (non-hydrogen) atoms. The van der Waals surface area contributed by atoms with E-state index in [1.807, 2.05) is 0 Å². The van der Waals surface area contributed by atoms with Crippen LogP contribution in [0.3, 0.4) is 0 Å². The van der Waals surface area contributed by atoms with Crippen molar-refractivity contribution >= 4 is 5.91 Å². The Morgan fingerprint density at radius 2 is 2.00 bits per heavy atom. The number of amides is 1. The summed E-state index contributed by atoms with van der Waals surface area (Å²) in [4.78, 5) is 16.1. The Kier molecular flexibility index (Phi) is 3.62. The van der Waals surface area contributed by atoms with Crippen LogP contribution in [0.25, 0.3) is 0 Å². The molecule has 1 amide bonds. The maximum atomic E-state index is 12.7. The monoisotopic (exact) mass is 302 g/mol. The predicted octanol–water partition coefficient (Wildman–Crippen LogP) is 2.53. The second-order valence-electron chi connectivity index (χ2n) is 5.89. The Morgan fingerprint density at radius 1 is 1.24 bits per heavy atom. The van der Waals surface area contributed by atoms with E-state index in [1.165, 1.54) is 0 Å². The molecule has 1 aromatic rings. The largest absolute Gasteiger partial charge is 0.391 e. The summed E-state index contributed by atoms with van der Waals surface area (Å²) in [7, 11) is 0. The normalized spacial score (nSPS) is 26.6. The van der Waals surface area contributed by atoms with Gasteiger partial charge >= 0.3 is 6.18 Å². The molecule has 0 saturated heterocycles. The second kappa shape index (κ2) is 5.31. The van der Waals surface area contributed by atoms with Crippen molar-refractivity contribution in [2.75, 3.05) is 0 Å². The van der Waals surface area contributed by atoms with Gasteiger partial charge in [-0.05, 0) is 32.1 Å². The van der Waals surface area contributed by atoms with E-state index in [2.05, 4.69) is 20.5 Å². The van der Waals surface area contributed by atoms with Crippen LogP contribution in [-0.2, 0) is 0 Å². The molecule has 2 fully saturated rings. The Morgan fingerprint density at radius 3 is 2.67 bits per heavy atom. The van der Waals surface area contributed by atoms with Crippen molar-refractivity contribution < 1.29 is 18.0 Å². The zero-order chi connectivity index (χ0) is 15.0. The zero-order valence-corrected chi connectivity index (χ0v) is 11.4.